The van der Waals surface area contributed by atoms with Gasteiger partial charge in [-0.1, -0.05) is 0 Å². The summed E-state index contributed by atoms with van der Waals surface area (Å²) in [6.07, 6.45) is 2.47. The zero-order valence-corrected chi connectivity index (χ0v) is 8.68. The van der Waals surface area contributed by atoms with Crippen molar-refractivity contribution in [1.82, 2.24) is 4.68 Å². The van der Waals surface area contributed by atoms with Crippen LogP contribution >= 0.6 is 0 Å². The molecule has 0 bridgehead atoms. The third-order valence-electron chi connectivity index (χ3n) is 2.58. The number of nitrogens with zero attached hydrogens (tertiary/aromatic N) is 1. The third kappa shape index (κ3) is 1.61. The van der Waals surface area contributed by atoms with E-state index in [4.69, 9.17) is 16.7 Å². The molecule has 2 rings (SSSR count). The molecular formula is C11H13N3O2. The first-order valence-corrected chi connectivity index (χ1v) is 4.96. The molecule has 1 aromatic carbocycles. The first kappa shape index (κ1) is 10.5. The topological polar surface area (TPSA) is 94.3 Å². The van der Waals surface area contributed by atoms with Crippen LogP contribution in [0.3, 0.4) is 0 Å². The molecule has 0 amide bonds. The number of carboxylic acids is 1. The largest absolute Gasteiger partial charge is 0.478 e. The third-order valence-corrected chi connectivity index (χ3v) is 2.58. The summed E-state index contributed by atoms with van der Waals surface area (Å²) in [5.74, 6) is 4.82. The van der Waals surface area contributed by atoms with Gasteiger partial charge in [0, 0.05) is 11.6 Å². The van der Waals surface area contributed by atoms with Crippen LogP contribution in [0.25, 0.3) is 10.9 Å². The first-order chi connectivity index (χ1) is 7.63. The van der Waals surface area contributed by atoms with Crippen LogP contribution in [0.4, 0.5) is 0 Å². The number of aromatic carboxylic acids is 1. The fourth-order valence-electron chi connectivity index (χ4n) is 1.81. The van der Waals surface area contributed by atoms with Gasteiger partial charge in [-0.15, -0.1) is 0 Å². The highest BCUT2D eigenvalue weighted by molar-refractivity contribution is 5.95. The van der Waals surface area contributed by atoms with Crippen LogP contribution in [-0.2, 0) is 6.42 Å². The minimum absolute atomic E-state index is 0.261. The number of carbonyl (C=O) groups is 1. The molecule has 0 aliphatic rings. The van der Waals surface area contributed by atoms with E-state index in [-0.39, 0.29) is 5.56 Å². The standard InChI is InChI=1S/C11H13N3O2/c12-4-3-8-6-14(13)10-2-1-7(11(15)16)5-9(8)10/h1-2,5-6H,3-4,12-13H2,(H,15,16). The quantitative estimate of drug-likeness (QED) is 0.657. The molecule has 0 aliphatic carbocycles. The number of hydrogen-bond acceptors (Lipinski definition) is 3. The van der Waals surface area contributed by atoms with Crippen LogP contribution in [0.1, 0.15) is 15.9 Å². The number of hydrogen-bond donors (Lipinski definition) is 3. The van der Waals surface area contributed by atoms with Gasteiger partial charge in [0.25, 0.3) is 0 Å². The van der Waals surface area contributed by atoms with Crippen molar-refractivity contribution < 1.29 is 9.90 Å². The van der Waals surface area contributed by atoms with Crippen molar-refractivity contribution in [3.8, 4) is 0 Å². The molecule has 5 nitrogen and oxygen atoms in total. The Kier molecular flexibility index (Phi) is 2.54. The first-order valence-electron chi connectivity index (χ1n) is 4.96. The monoisotopic (exact) mass is 219 g/mol. The lowest BCUT2D eigenvalue weighted by atomic mass is 10.1. The van der Waals surface area contributed by atoms with Gasteiger partial charge in [-0.05, 0) is 36.7 Å². The molecule has 1 heterocycles. The molecule has 0 saturated heterocycles. The van der Waals surface area contributed by atoms with Gasteiger partial charge >= 0.3 is 5.97 Å². The number of nitrogens with two attached hydrogens (primary N) is 2. The van der Waals surface area contributed by atoms with E-state index in [2.05, 4.69) is 0 Å². The molecule has 0 radical (unpaired) electrons. The lowest BCUT2D eigenvalue weighted by molar-refractivity contribution is 0.0697. The zero-order valence-electron chi connectivity index (χ0n) is 8.68. The van der Waals surface area contributed by atoms with E-state index in [9.17, 15) is 4.79 Å². The van der Waals surface area contributed by atoms with Crippen LogP contribution in [-0.4, -0.2) is 22.3 Å². The molecule has 0 atom stereocenters. The number of aromatic nitrogens is 1. The zero-order chi connectivity index (χ0) is 11.7. The fraction of sp³-hybridized carbons (Fsp3) is 0.182. The van der Waals surface area contributed by atoms with E-state index in [1.54, 1.807) is 24.4 Å². The van der Waals surface area contributed by atoms with Gasteiger partial charge in [0.1, 0.15) is 0 Å². The predicted octanol–water partition coefficient (Wildman–Crippen LogP) is 0.554. The summed E-state index contributed by atoms with van der Waals surface area (Å²) in [7, 11) is 0. The van der Waals surface area contributed by atoms with E-state index < -0.39 is 5.97 Å². The van der Waals surface area contributed by atoms with Crippen molar-refractivity contribution >= 4 is 16.9 Å². The van der Waals surface area contributed by atoms with E-state index >= 15 is 0 Å². The van der Waals surface area contributed by atoms with Gasteiger partial charge in [0.05, 0.1) is 11.1 Å². The Morgan fingerprint density at radius 1 is 1.44 bits per heavy atom. The molecule has 2 aromatic rings. The average Bonchev–Trinajstić information content (AvgIpc) is 2.56. The smallest absolute Gasteiger partial charge is 0.335 e. The normalized spacial score (nSPS) is 10.8. The van der Waals surface area contributed by atoms with Gasteiger partial charge in [0.2, 0.25) is 0 Å². The summed E-state index contributed by atoms with van der Waals surface area (Å²) in [6, 6.07) is 4.88. The summed E-state index contributed by atoms with van der Waals surface area (Å²) in [5, 5.41) is 9.76. The van der Waals surface area contributed by atoms with E-state index in [1.165, 1.54) is 4.68 Å². The van der Waals surface area contributed by atoms with Crippen molar-refractivity contribution in [2.75, 3.05) is 12.4 Å². The molecular weight excluding hydrogens is 206 g/mol. The van der Waals surface area contributed by atoms with Crippen LogP contribution in [0.15, 0.2) is 24.4 Å². The van der Waals surface area contributed by atoms with Gasteiger partial charge in [0.15, 0.2) is 0 Å². The maximum atomic E-state index is 10.9. The Morgan fingerprint density at radius 2 is 2.19 bits per heavy atom. The van der Waals surface area contributed by atoms with Gasteiger partial charge < -0.3 is 16.7 Å². The Balaban J connectivity index is 2.64. The number of rotatable bonds is 3. The van der Waals surface area contributed by atoms with Gasteiger partial charge in [-0.2, -0.15) is 0 Å². The van der Waals surface area contributed by atoms with Crippen molar-refractivity contribution in [2.24, 2.45) is 5.73 Å². The van der Waals surface area contributed by atoms with Crippen molar-refractivity contribution in [3.63, 3.8) is 0 Å². The van der Waals surface area contributed by atoms with Crippen molar-refractivity contribution in [3.05, 3.63) is 35.5 Å². The molecule has 0 aliphatic heterocycles. The van der Waals surface area contributed by atoms with Crippen LogP contribution in [0, 0.1) is 0 Å². The Bertz CT molecular complexity index is 545. The minimum atomic E-state index is -0.939. The van der Waals surface area contributed by atoms with Gasteiger partial charge in [-0.3, -0.25) is 4.68 Å². The fourth-order valence-corrected chi connectivity index (χ4v) is 1.81. The number of carboxylic acid groups (broad SMARTS) is 1. The van der Waals surface area contributed by atoms with Crippen molar-refractivity contribution in [1.29, 1.82) is 0 Å². The molecule has 84 valence electrons. The lowest BCUT2D eigenvalue weighted by Crippen LogP contribution is -2.06. The lowest BCUT2D eigenvalue weighted by Gasteiger charge is -1.98. The van der Waals surface area contributed by atoms with Gasteiger partial charge in [-0.25, -0.2) is 4.79 Å². The van der Waals surface area contributed by atoms with Crippen molar-refractivity contribution in [2.45, 2.75) is 6.42 Å². The molecule has 0 saturated carbocycles. The molecule has 5 heteroatoms. The summed E-state index contributed by atoms with van der Waals surface area (Å²) < 4.78 is 1.49. The second kappa shape index (κ2) is 3.86. The highest BCUT2D eigenvalue weighted by Crippen LogP contribution is 2.21. The molecule has 16 heavy (non-hydrogen) atoms. The Hall–Kier alpha value is -2.01. The van der Waals surface area contributed by atoms with Crippen LogP contribution in [0.5, 0.6) is 0 Å². The van der Waals surface area contributed by atoms with Crippen LogP contribution < -0.4 is 11.6 Å². The molecule has 0 spiro atoms. The minimum Gasteiger partial charge on any atom is -0.478 e. The van der Waals surface area contributed by atoms with E-state index in [0.717, 1.165) is 16.5 Å². The predicted molar refractivity (Wildman–Crippen MR) is 61.8 cm³/mol. The molecule has 1 aromatic heterocycles. The summed E-state index contributed by atoms with van der Waals surface area (Å²) in [5.41, 5.74) is 7.54. The SMILES string of the molecule is NCCc1cn(N)c2ccc(C(=O)O)cc12. The number of fused-ring (bicyclic) bond motifs is 1. The molecule has 0 unspecified atom stereocenters. The average molecular weight is 219 g/mol. The highest BCUT2D eigenvalue weighted by Gasteiger charge is 2.10. The maximum absolute atomic E-state index is 10.9. The Labute approximate surface area is 92.2 Å². The highest BCUT2D eigenvalue weighted by atomic mass is 16.4. The summed E-state index contributed by atoms with van der Waals surface area (Å²) >= 11 is 0. The second-order valence-electron chi connectivity index (χ2n) is 3.64. The molecule has 5 N–H and O–H groups in total. The maximum Gasteiger partial charge on any atom is 0.335 e. The summed E-state index contributed by atoms with van der Waals surface area (Å²) in [6.45, 7) is 0.510. The number of nitrogen functional groups attached to an aromatic ring is 1. The number of benzene rings is 1. The van der Waals surface area contributed by atoms with Crippen LogP contribution in [0.2, 0.25) is 0 Å². The Morgan fingerprint density at radius 3 is 2.81 bits per heavy atom. The van der Waals surface area contributed by atoms with E-state index in [1.807, 2.05) is 0 Å². The molecule has 0 fully saturated rings. The second-order valence-corrected chi connectivity index (χ2v) is 3.64. The summed E-state index contributed by atoms with van der Waals surface area (Å²) in [4.78, 5) is 10.9. The van der Waals surface area contributed by atoms with E-state index in [0.29, 0.717) is 13.0 Å².